The van der Waals surface area contributed by atoms with Crippen LogP contribution in [-0.2, 0) is 14.8 Å². The van der Waals surface area contributed by atoms with Gasteiger partial charge in [-0.05, 0) is 37.3 Å². The molecule has 0 saturated carbocycles. The third-order valence-corrected chi connectivity index (χ3v) is 7.44. The minimum Gasteiger partial charge on any atom is -0.325 e. The second kappa shape index (κ2) is 8.73. The van der Waals surface area contributed by atoms with Crippen molar-refractivity contribution in [2.24, 2.45) is 0 Å². The molecule has 1 N–H and O–H groups in total. The Balaban J connectivity index is 2.11. The van der Waals surface area contributed by atoms with Gasteiger partial charge >= 0.3 is 0 Å². The Kier molecular flexibility index (Phi) is 7.16. The highest BCUT2D eigenvalue weighted by Crippen LogP contribution is 2.27. The molecule has 1 aliphatic rings. The number of nitrogens with zero attached hydrogens (tertiary/aromatic N) is 2. The first-order chi connectivity index (χ1) is 11.7. The van der Waals surface area contributed by atoms with Gasteiger partial charge in [0.2, 0.25) is 15.9 Å². The standard InChI is InChI=1S/C16H24ClN3O3S2/c1-12-6-8-24-9-7-20(12)11-16(21)18-13-4-5-14(17)15(10-13)25(22,23)19(2)3/h4-5,10,12H,6-9,11H2,1-3H3,(H,18,21). The molecule has 0 aliphatic carbocycles. The van der Waals surface area contributed by atoms with E-state index in [1.54, 1.807) is 6.07 Å². The molecule has 0 aromatic heterocycles. The molecule has 25 heavy (non-hydrogen) atoms. The second-order valence-electron chi connectivity index (χ2n) is 6.20. The van der Waals surface area contributed by atoms with Crippen molar-refractivity contribution in [1.82, 2.24) is 9.21 Å². The van der Waals surface area contributed by atoms with Crippen molar-refractivity contribution in [2.75, 3.05) is 44.0 Å². The summed E-state index contributed by atoms with van der Waals surface area (Å²) in [5.41, 5.74) is 0.423. The molecular formula is C16H24ClN3O3S2. The summed E-state index contributed by atoms with van der Waals surface area (Å²) in [5.74, 6) is 1.97. The van der Waals surface area contributed by atoms with Crippen LogP contribution in [0.2, 0.25) is 5.02 Å². The predicted octanol–water partition coefficient (Wildman–Crippen LogP) is 2.36. The van der Waals surface area contributed by atoms with Crippen LogP contribution in [0.15, 0.2) is 23.1 Å². The summed E-state index contributed by atoms with van der Waals surface area (Å²) in [6, 6.07) is 4.85. The second-order valence-corrected chi connectivity index (χ2v) is 9.95. The zero-order valence-corrected chi connectivity index (χ0v) is 17.0. The number of carbonyl (C=O) groups excluding carboxylic acids is 1. The van der Waals surface area contributed by atoms with Gasteiger partial charge in [-0.3, -0.25) is 9.69 Å². The number of amides is 1. The van der Waals surface area contributed by atoms with E-state index in [-0.39, 0.29) is 15.8 Å². The fourth-order valence-corrected chi connectivity index (χ4v) is 5.01. The third kappa shape index (κ3) is 5.34. The number of hydrogen-bond donors (Lipinski definition) is 1. The molecular weight excluding hydrogens is 382 g/mol. The van der Waals surface area contributed by atoms with Gasteiger partial charge in [0.05, 0.1) is 11.6 Å². The summed E-state index contributed by atoms with van der Waals surface area (Å²) < 4.78 is 25.7. The number of benzene rings is 1. The van der Waals surface area contributed by atoms with Crippen LogP contribution >= 0.6 is 23.4 Å². The number of thioether (sulfide) groups is 1. The first-order valence-electron chi connectivity index (χ1n) is 8.05. The quantitative estimate of drug-likeness (QED) is 0.814. The number of halogens is 1. The van der Waals surface area contributed by atoms with Gasteiger partial charge in [-0.1, -0.05) is 11.6 Å². The van der Waals surface area contributed by atoms with E-state index in [1.807, 2.05) is 11.8 Å². The van der Waals surface area contributed by atoms with Gasteiger partial charge in [-0.25, -0.2) is 12.7 Å². The van der Waals surface area contributed by atoms with Crippen LogP contribution in [0, 0.1) is 0 Å². The van der Waals surface area contributed by atoms with E-state index in [0.717, 1.165) is 28.8 Å². The van der Waals surface area contributed by atoms with E-state index in [0.29, 0.717) is 18.3 Å². The van der Waals surface area contributed by atoms with E-state index >= 15 is 0 Å². The average molecular weight is 406 g/mol. The van der Waals surface area contributed by atoms with Crippen molar-refractivity contribution in [2.45, 2.75) is 24.3 Å². The SMILES string of the molecule is CC1CCSCCN1CC(=O)Nc1ccc(Cl)c(S(=O)(=O)N(C)C)c1. The summed E-state index contributed by atoms with van der Waals surface area (Å²) in [7, 11) is -0.789. The van der Waals surface area contributed by atoms with Crippen molar-refractivity contribution in [3.8, 4) is 0 Å². The van der Waals surface area contributed by atoms with Gasteiger partial charge in [0.1, 0.15) is 4.90 Å². The molecule has 1 saturated heterocycles. The smallest absolute Gasteiger partial charge is 0.244 e. The van der Waals surface area contributed by atoms with Gasteiger partial charge in [0.15, 0.2) is 0 Å². The maximum absolute atomic E-state index is 12.4. The van der Waals surface area contributed by atoms with E-state index in [2.05, 4.69) is 17.1 Å². The molecule has 140 valence electrons. The maximum Gasteiger partial charge on any atom is 0.244 e. The van der Waals surface area contributed by atoms with Gasteiger partial charge in [0, 0.05) is 38.1 Å². The Hall–Kier alpha value is -0.800. The minimum atomic E-state index is -3.67. The molecule has 1 aromatic rings. The summed E-state index contributed by atoms with van der Waals surface area (Å²) in [6.07, 6.45) is 1.06. The number of anilines is 1. The van der Waals surface area contributed by atoms with Crippen molar-refractivity contribution >= 4 is 45.0 Å². The summed E-state index contributed by atoms with van der Waals surface area (Å²) in [6.45, 7) is 3.30. The lowest BCUT2D eigenvalue weighted by atomic mass is 10.2. The molecule has 1 heterocycles. The van der Waals surface area contributed by atoms with Crippen LogP contribution in [0.3, 0.4) is 0 Å². The highest BCUT2D eigenvalue weighted by molar-refractivity contribution is 7.99. The van der Waals surface area contributed by atoms with Gasteiger partial charge in [-0.2, -0.15) is 11.8 Å². The monoisotopic (exact) mass is 405 g/mol. The lowest BCUT2D eigenvalue weighted by molar-refractivity contribution is -0.117. The van der Waals surface area contributed by atoms with Gasteiger partial charge < -0.3 is 5.32 Å². The number of sulfonamides is 1. The van der Waals surface area contributed by atoms with Crippen molar-refractivity contribution in [3.63, 3.8) is 0 Å². The molecule has 0 bridgehead atoms. The molecule has 0 spiro atoms. The Morgan fingerprint density at radius 1 is 1.40 bits per heavy atom. The van der Waals surface area contributed by atoms with Gasteiger partial charge in [-0.15, -0.1) is 0 Å². The molecule has 1 unspecified atom stereocenters. The molecule has 1 atom stereocenters. The lowest BCUT2D eigenvalue weighted by Gasteiger charge is -2.25. The zero-order valence-electron chi connectivity index (χ0n) is 14.7. The van der Waals surface area contributed by atoms with E-state index in [9.17, 15) is 13.2 Å². The number of hydrogen-bond acceptors (Lipinski definition) is 5. The van der Waals surface area contributed by atoms with Crippen LogP contribution < -0.4 is 5.32 Å². The van der Waals surface area contributed by atoms with E-state index in [1.165, 1.54) is 26.2 Å². The highest BCUT2D eigenvalue weighted by Gasteiger charge is 2.23. The topological polar surface area (TPSA) is 69.7 Å². The van der Waals surface area contributed by atoms with Crippen molar-refractivity contribution < 1.29 is 13.2 Å². The average Bonchev–Trinajstić information content (AvgIpc) is 2.74. The van der Waals surface area contributed by atoms with Crippen LogP contribution in [0.1, 0.15) is 13.3 Å². The Morgan fingerprint density at radius 3 is 2.80 bits per heavy atom. The first kappa shape index (κ1) is 20.5. The molecule has 1 aliphatic heterocycles. The lowest BCUT2D eigenvalue weighted by Crippen LogP contribution is -2.40. The molecule has 2 rings (SSSR count). The molecule has 0 radical (unpaired) electrons. The van der Waals surface area contributed by atoms with Crippen LogP contribution in [0.4, 0.5) is 5.69 Å². The van der Waals surface area contributed by atoms with Crippen molar-refractivity contribution in [1.29, 1.82) is 0 Å². The van der Waals surface area contributed by atoms with Gasteiger partial charge in [0.25, 0.3) is 0 Å². The number of carbonyl (C=O) groups is 1. The van der Waals surface area contributed by atoms with Crippen LogP contribution in [0.25, 0.3) is 0 Å². The first-order valence-corrected chi connectivity index (χ1v) is 11.0. The van der Waals surface area contributed by atoms with Crippen LogP contribution in [-0.4, -0.2) is 68.3 Å². The third-order valence-electron chi connectivity index (χ3n) is 4.15. The number of rotatable bonds is 5. The molecule has 1 amide bonds. The molecule has 6 nitrogen and oxygen atoms in total. The zero-order chi connectivity index (χ0) is 18.6. The summed E-state index contributed by atoms with van der Waals surface area (Å²) >= 11 is 7.93. The van der Waals surface area contributed by atoms with Crippen molar-refractivity contribution in [3.05, 3.63) is 23.2 Å². The molecule has 1 fully saturated rings. The Labute approximate surface area is 158 Å². The fraction of sp³-hybridized carbons (Fsp3) is 0.562. The highest BCUT2D eigenvalue weighted by atomic mass is 35.5. The van der Waals surface area contributed by atoms with E-state index < -0.39 is 10.0 Å². The summed E-state index contributed by atoms with van der Waals surface area (Å²) in [4.78, 5) is 14.5. The predicted molar refractivity (Wildman–Crippen MR) is 104 cm³/mol. The number of nitrogens with one attached hydrogen (secondary N) is 1. The Bertz CT molecular complexity index is 725. The summed E-state index contributed by atoms with van der Waals surface area (Å²) in [5, 5.41) is 2.91. The Morgan fingerprint density at radius 2 is 2.12 bits per heavy atom. The normalized spacial score (nSPS) is 19.6. The fourth-order valence-electron chi connectivity index (χ4n) is 2.54. The molecule has 1 aromatic carbocycles. The largest absolute Gasteiger partial charge is 0.325 e. The van der Waals surface area contributed by atoms with Crippen LogP contribution in [0.5, 0.6) is 0 Å². The van der Waals surface area contributed by atoms with E-state index in [4.69, 9.17) is 11.6 Å². The maximum atomic E-state index is 12.4. The molecule has 9 heteroatoms. The minimum absolute atomic E-state index is 0.0171.